The fourth-order valence-corrected chi connectivity index (χ4v) is 1.83. The van der Waals surface area contributed by atoms with Crippen LogP contribution in [0.15, 0.2) is 30.3 Å². The molecular formula is C13H14ClNO2. The van der Waals surface area contributed by atoms with Crippen LogP contribution in [0.4, 0.5) is 0 Å². The zero-order valence-corrected chi connectivity index (χ0v) is 10.0. The maximum absolute atomic E-state index is 11.5. The first-order chi connectivity index (χ1) is 8.13. The third kappa shape index (κ3) is 3.58. The highest BCUT2D eigenvalue weighted by atomic mass is 35.5. The lowest BCUT2D eigenvalue weighted by atomic mass is 9.89. The van der Waals surface area contributed by atoms with Crippen LogP contribution in [0, 0.1) is 0 Å². The Morgan fingerprint density at radius 1 is 1.35 bits per heavy atom. The first-order valence-electron chi connectivity index (χ1n) is 5.56. The number of amides is 1. The maximum atomic E-state index is 11.5. The number of carbonyl (C=O) groups excluding carboxylic acids is 1. The van der Waals surface area contributed by atoms with Crippen molar-refractivity contribution >= 4 is 23.6 Å². The molecular weight excluding hydrogens is 238 g/mol. The molecule has 0 bridgehead atoms. The van der Waals surface area contributed by atoms with Gasteiger partial charge in [-0.3, -0.25) is 4.79 Å². The Bertz CT molecular complexity index is 422. The van der Waals surface area contributed by atoms with Crippen LogP contribution in [0.2, 0.25) is 5.02 Å². The van der Waals surface area contributed by atoms with Gasteiger partial charge in [0, 0.05) is 17.1 Å². The average Bonchev–Trinajstić information content (AvgIpc) is 2.26. The van der Waals surface area contributed by atoms with Crippen molar-refractivity contribution in [2.45, 2.75) is 25.0 Å². The first kappa shape index (κ1) is 12.1. The number of aliphatic hydroxyl groups is 1. The molecule has 17 heavy (non-hydrogen) atoms. The van der Waals surface area contributed by atoms with Crippen LogP contribution in [0.25, 0.3) is 6.08 Å². The molecule has 1 aromatic carbocycles. The van der Waals surface area contributed by atoms with Crippen LogP contribution < -0.4 is 5.32 Å². The van der Waals surface area contributed by atoms with Crippen molar-refractivity contribution in [3.63, 3.8) is 0 Å². The molecule has 0 radical (unpaired) electrons. The number of benzene rings is 1. The van der Waals surface area contributed by atoms with Crippen LogP contribution in [-0.2, 0) is 4.79 Å². The van der Waals surface area contributed by atoms with Crippen molar-refractivity contribution in [1.82, 2.24) is 5.32 Å². The fourth-order valence-electron chi connectivity index (χ4n) is 1.70. The normalized spacial score (nSPS) is 23.4. The topological polar surface area (TPSA) is 49.3 Å². The molecule has 1 fully saturated rings. The minimum atomic E-state index is -0.249. The van der Waals surface area contributed by atoms with Crippen molar-refractivity contribution in [2.75, 3.05) is 0 Å². The summed E-state index contributed by atoms with van der Waals surface area (Å²) < 4.78 is 0. The van der Waals surface area contributed by atoms with Gasteiger partial charge in [-0.05, 0) is 36.6 Å². The molecule has 1 saturated carbocycles. The molecule has 0 heterocycles. The third-order valence-electron chi connectivity index (χ3n) is 2.76. The van der Waals surface area contributed by atoms with Crippen molar-refractivity contribution < 1.29 is 9.90 Å². The van der Waals surface area contributed by atoms with E-state index < -0.39 is 0 Å². The highest BCUT2D eigenvalue weighted by Gasteiger charge is 2.27. The lowest BCUT2D eigenvalue weighted by Gasteiger charge is -2.31. The highest BCUT2D eigenvalue weighted by molar-refractivity contribution is 6.30. The van der Waals surface area contributed by atoms with Crippen LogP contribution >= 0.6 is 11.6 Å². The Balaban J connectivity index is 1.83. The number of halogens is 1. The van der Waals surface area contributed by atoms with Crippen molar-refractivity contribution in [3.8, 4) is 0 Å². The average molecular weight is 252 g/mol. The zero-order valence-electron chi connectivity index (χ0n) is 9.27. The Kier molecular flexibility index (Phi) is 3.82. The number of hydrogen-bond acceptors (Lipinski definition) is 2. The van der Waals surface area contributed by atoms with Gasteiger partial charge >= 0.3 is 0 Å². The molecule has 1 aromatic rings. The summed E-state index contributed by atoms with van der Waals surface area (Å²) in [5, 5.41) is 12.6. The highest BCUT2D eigenvalue weighted by Crippen LogP contribution is 2.19. The number of nitrogens with one attached hydrogen (secondary N) is 1. The number of aliphatic hydroxyl groups excluding tert-OH is 1. The molecule has 2 rings (SSSR count). The minimum Gasteiger partial charge on any atom is -0.393 e. The first-order valence-corrected chi connectivity index (χ1v) is 5.93. The van der Waals surface area contributed by atoms with Crippen molar-refractivity contribution in [1.29, 1.82) is 0 Å². The summed E-state index contributed by atoms with van der Waals surface area (Å²) in [5.74, 6) is -0.128. The molecule has 90 valence electrons. The predicted octanol–water partition coefficient (Wildman–Crippen LogP) is 1.99. The van der Waals surface area contributed by atoms with Gasteiger partial charge in [-0.1, -0.05) is 23.7 Å². The standard InChI is InChI=1S/C13H14ClNO2/c14-10-4-1-9(2-5-10)3-6-13(17)15-11-7-12(16)8-11/h1-6,11-12,16H,7-8H2,(H,15,17). The molecule has 1 aliphatic rings. The molecule has 0 aromatic heterocycles. The maximum Gasteiger partial charge on any atom is 0.244 e. The molecule has 0 unspecified atom stereocenters. The number of hydrogen-bond donors (Lipinski definition) is 2. The lowest BCUT2D eigenvalue weighted by molar-refractivity contribution is -0.118. The van der Waals surface area contributed by atoms with Gasteiger partial charge in [-0.2, -0.15) is 0 Å². The van der Waals surface area contributed by atoms with E-state index in [9.17, 15) is 4.79 Å². The molecule has 0 atom stereocenters. The Morgan fingerprint density at radius 3 is 2.59 bits per heavy atom. The second-order valence-corrected chi connectivity index (χ2v) is 4.65. The van der Waals surface area contributed by atoms with Gasteiger partial charge < -0.3 is 10.4 Å². The van der Waals surface area contributed by atoms with Crippen LogP contribution in [0.1, 0.15) is 18.4 Å². The minimum absolute atomic E-state index is 0.118. The van der Waals surface area contributed by atoms with Crippen LogP contribution in [-0.4, -0.2) is 23.2 Å². The van der Waals surface area contributed by atoms with Crippen molar-refractivity contribution in [2.24, 2.45) is 0 Å². The van der Waals surface area contributed by atoms with Gasteiger partial charge in [0.2, 0.25) is 5.91 Å². The molecule has 1 aliphatic carbocycles. The Morgan fingerprint density at radius 2 is 2.00 bits per heavy atom. The number of rotatable bonds is 3. The molecule has 2 N–H and O–H groups in total. The molecule has 1 amide bonds. The summed E-state index contributed by atoms with van der Waals surface area (Å²) in [6.45, 7) is 0. The van der Waals surface area contributed by atoms with E-state index in [-0.39, 0.29) is 18.1 Å². The van der Waals surface area contributed by atoms with Gasteiger partial charge in [0.15, 0.2) is 0 Å². The van der Waals surface area contributed by atoms with E-state index in [1.165, 1.54) is 6.08 Å². The van der Waals surface area contributed by atoms with E-state index in [1.54, 1.807) is 18.2 Å². The van der Waals surface area contributed by atoms with Crippen LogP contribution in [0.5, 0.6) is 0 Å². The SMILES string of the molecule is O=C(C=Cc1ccc(Cl)cc1)NC1CC(O)C1. The van der Waals surface area contributed by atoms with Gasteiger partial charge in [0.25, 0.3) is 0 Å². The predicted molar refractivity (Wildman–Crippen MR) is 67.7 cm³/mol. The Labute approximate surface area is 105 Å². The second kappa shape index (κ2) is 5.34. The zero-order chi connectivity index (χ0) is 12.3. The largest absolute Gasteiger partial charge is 0.393 e. The molecule has 0 saturated heterocycles. The van der Waals surface area contributed by atoms with Gasteiger partial charge in [-0.15, -0.1) is 0 Å². The summed E-state index contributed by atoms with van der Waals surface area (Å²) in [5.41, 5.74) is 0.929. The van der Waals surface area contributed by atoms with Crippen molar-refractivity contribution in [3.05, 3.63) is 40.9 Å². The molecule has 0 aliphatic heterocycles. The monoisotopic (exact) mass is 251 g/mol. The van der Waals surface area contributed by atoms with E-state index in [0.29, 0.717) is 17.9 Å². The second-order valence-electron chi connectivity index (χ2n) is 4.22. The quantitative estimate of drug-likeness (QED) is 0.808. The van der Waals surface area contributed by atoms with Gasteiger partial charge in [0.05, 0.1) is 6.10 Å². The summed E-state index contributed by atoms with van der Waals surface area (Å²) in [6.07, 6.45) is 4.29. The van der Waals surface area contributed by atoms with E-state index in [0.717, 1.165) is 5.56 Å². The molecule has 4 heteroatoms. The van der Waals surface area contributed by atoms with Gasteiger partial charge in [-0.25, -0.2) is 0 Å². The van der Waals surface area contributed by atoms with Crippen LogP contribution in [0.3, 0.4) is 0 Å². The van der Waals surface area contributed by atoms with E-state index in [2.05, 4.69) is 5.32 Å². The molecule has 3 nitrogen and oxygen atoms in total. The Hall–Kier alpha value is -1.32. The molecule has 0 spiro atoms. The van der Waals surface area contributed by atoms with E-state index in [1.807, 2.05) is 12.1 Å². The van der Waals surface area contributed by atoms with Gasteiger partial charge in [0.1, 0.15) is 0 Å². The third-order valence-corrected chi connectivity index (χ3v) is 3.01. The summed E-state index contributed by atoms with van der Waals surface area (Å²) in [6, 6.07) is 7.37. The smallest absolute Gasteiger partial charge is 0.244 e. The number of carbonyl (C=O) groups is 1. The lowest BCUT2D eigenvalue weighted by Crippen LogP contribution is -2.46. The summed E-state index contributed by atoms with van der Waals surface area (Å²) in [7, 11) is 0. The van der Waals surface area contributed by atoms with E-state index >= 15 is 0 Å². The van der Waals surface area contributed by atoms with E-state index in [4.69, 9.17) is 16.7 Å². The fraction of sp³-hybridized carbons (Fsp3) is 0.308. The summed E-state index contributed by atoms with van der Waals surface area (Å²) in [4.78, 5) is 11.5. The summed E-state index contributed by atoms with van der Waals surface area (Å²) >= 11 is 5.76.